The number of nitrogens with one attached hydrogen (secondary N) is 1. The van der Waals surface area contributed by atoms with Gasteiger partial charge in [-0.25, -0.2) is 0 Å². The number of hydrogen-bond donors (Lipinski definition) is 1. The normalized spacial score (nSPS) is 28.9. The summed E-state index contributed by atoms with van der Waals surface area (Å²) in [5.74, 6) is 1.36. The van der Waals surface area contributed by atoms with Gasteiger partial charge in [0.1, 0.15) is 0 Å². The molecule has 1 atom stereocenters. The zero-order chi connectivity index (χ0) is 11.8. The minimum absolute atomic E-state index is 0.270. The van der Waals surface area contributed by atoms with E-state index >= 15 is 0 Å². The van der Waals surface area contributed by atoms with Gasteiger partial charge in [0.25, 0.3) is 0 Å². The van der Waals surface area contributed by atoms with Crippen molar-refractivity contribution in [2.75, 3.05) is 39.3 Å². The SMILES string of the molecule is CC(C(=O)N1CCN(C2CNC2)CC1)C1CC1. The van der Waals surface area contributed by atoms with Crippen LogP contribution in [0.5, 0.6) is 0 Å². The van der Waals surface area contributed by atoms with E-state index in [0.29, 0.717) is 11.8 Å². The summed E-state index contributed by atoms with van der Waals surface area (Å²) in [4.78, 5) is 16.9. The number of hydrogen-bond acceptors (Lipinski definition) is 3. The highest BCUT2D eigenvalue weighted by Crippen LogP contribution is 2.37. The smallest absolute Gasteiger partial charge is 0.225 e. The molecule has 1 unspecified atom stereocenters. The average molecular weight is 237 g/mol. The van der Waals surface area contributed by atoms with Gasteiger partial charge in [-0.05, 0) is 18.8 Å². The molecule has 1 saturated carbocycles. The highest BCUT2D eigenvalue weighted by molar-refractivity contribution is 5.79. The van der Waals surface area contributed by atoms with Crippen LogP contribution in [0.15, 0.2) is 0 Å². The fourth-order valence-electron chi connectivity index (χ4n) is 2.92. The van der Waals surface area contributed by atoms with Crippen LogP contribution in [-0.4, -0.2) is 61.0 Å². The first-order valence-corrected chi connectivity index (χ1v) is 6.99. The van der Waals surface area contributed by atoms with E-state index in [-0.39, 0.29) is 5.92 Å². The van der Waals surface area contributed by atoms with Crippen LogP contribution in [0, 0.1) is 11.8 Å². The predicted octanol–water partition coefficient (Wildman–Crippen LogP) is 0.149. The van der Waals surface area contributed by atoms with Crippen molar-refractivity contribution in [3.8, 4) is 0 Å². The van der Waals surface area contributed by atoms with E-state index in [4.69, 9.17) is 0 Å². The number of carbonyl (C=O) groups is 1. The van der Waals surface area contributed by atoms with Crippen LogP contribution in [0.2, 0.25) is 0 Å². The van der Waals surface area contributed by atoms with Crippen molar-refractivity contribution >= 4 is 5.91 Å². The van der Waals surface area contributed by atoms with Crippen LogP contribution >= 0.6 is 0 Å². The van der Waals surface area contributed by atoms with Gasteiger partial charge in [-0.1, -0.05) is 6.92 Å². The van der Waals surface area contributed by atoms with E-state index in [1.807, 2.05) is 0 Å². The molecule has 4 nitrogen and oxygen atoms in total. The van der Waals surface area contributed by atoms with Gasteiger partial charge in [0, 0.05) is 51.2 Å². The molecule has 3 rings (SSSR count). The van der Waals surface area contributed by atoms with Gasteiger partial charge in [0.15, 0.2) is 0 Å². The fourth-order valence-corrected chi connectivity index (χ4v) is 2.92. The molecule has 2 saturated heterocycles. The monoisotopic (exact) mass is 237 g/mol. The Balaban J connectivity index is 1.48. The first kappa shape index (κ1) is 11.5. The van der Waals surface area contributed by atoms with Gasteiger partial charge < -0.3 is 10.2 Å². The van der Waals surface area contributed by atoms with Crippen LogP contribution in [0.3, 0.4) is 0 Å². The van der Waals surface area contributed by atoms with E-state index in [0.717, 1.165) is 45.3 Å². The second-order valence-electron chi connectivity index (χ2n) is 5.80. The molecular formula is C13H23N3O. The third-order valence-corrected chi connectivity index (χ3v) is 4.62. The summed E-state index contributed by atoms with van der Waals surface area (Å²) in [6.07, 6.45) is 2.53. The highest BCUT2D eigenvalue weighted by Gasteiger charge is 2.36. The summed E-state index contributed by atoms with van der Waals surface area (Å²) < 4.78 is 0. The second-order valence-corrected chi connectivity index (χ2v) is 5.80. The molecule has 0 radical (unpaired) electrons. The Morgan fingerprint density at radius 3 is 2.29 bits per heavy atom. The van der Waals surface area contributed by atoms with E-state index in [9.17, 15) is 4.79 Å². The summed E-state index contributed by atoms with van der Waals surface area (Å²) in [5, 5.41) is 3.31. The minimum Gasteiger partial charge on any atom is -0.340 e. The molecule has 2 heterocycles. The lowest BCUT2D eigenvalue weighted by molar-refractivity contribution is -0.137. The Kier molecular flexibility index (Phi) is 3.09. The molecule has 0 spiro atoms. The molecule has 1 amide bonds. The van der Waals surface area contributed by atoms with Crippen LogP contribution in [0.4, 0.5) is 0 Å². The minimum atomic E-state index is 0.270. The molecule has 3 fully saturated rings. The molecular weight excluding hydrogens is 214 g/mol. The van der Waals surface area contributed by atoms with E-state index in [1.165, 1.54) is 12.8 Å². The zero-order valence-corrected chi connectivity index (χ0v) is 10.7. The Morgan fingerprint density at radius 2 is 1.82 bits per heavy atom. The Labute approximate surface area is 103 Å². The number of rotatable bonds is 3. The van der Waals surface area contributed by atoms with E-state index in [2.05, 4.69) is 22.0 Å². The molecule has 1 N–H and O–H groups in total. The molecule has 2 aliphatic heterocycles. The molecule has 1 aliphatic carbocycles. The van der Waals surface area contributed by atoms with Crippen molar-refractivity contribution in [3.63, 3.8) is 0 Å². The van der Waals surface area contributed by atoms with Crippen LogP contribution in [-0.2, 0) is 4.79 Å². The quantitative estimate of drug-likeness (QED) is 0.759. The lowest BCUT2D eigenvalue weighted by atomic mass is 10.0. The summed E-state index contributed by atoms with van der Waals surface area (Å²) in [7, 11) is 0. The summed E-state index contributed by atoms with van der Waals surface area (Å²) in [6, 6.07) is 0.730. The first-order valence-electron chi connectivity index (χ1n) is 6.99. The van der Waals surface area contributed by atoms with Crippen LogP contribution < -0.4 is 5.32 Å². The number of amides is 1. The van der Waals surface area contributed by atoms with Gasteiger partial charge in [-0.3, -0.25) is 9.69 Å². The first-order chi connectivity index (χ1) is 8.25. The summed E-state index contributed by atoms with van der Waals surface area (Å²) in [5.41, 5.74) is 0. The van der Waals surface area contributed by atoms with Crippen molar-refractivity contribution in [2.45, 2.75) is 25.8 Å². The van der Waals surface area contributed by atoms with Crippen molar-refractivity contribution in [1.82, 2.24) is 15.1 Å². The van der Waals surface area contributed by atoms with Gasteiger partial charge in [0.05, 0.1) is 0 Å². The lowest BCUT2D eigenvalue weighted by Crippen LogP contribution is -2.62. The largest absolute Gasteiger partial charge is 0.340 e. The number of piperazine rings is 1. The highest BCUT2D eigenvalue weighted by atomic mass is 16.2. The Bertz CT molecular complexity index is 291. The molecule has 0 aromatic heterocycles. The Hall–Kier alpha value is -0.610. The van der Waals surface area contributed by atoms with Crippen molar-refractivity contribution in [2.24, 2.45) is 11.8 Å². The molecule has 17 heavy (non-hydrogen) atoms. The number of nitrogens with zero attached hydrogens (tertiary/aromatic N) is 2. The second kappa shape index (κ2) is 4.58. The average Bonchev–Trinajstić information content (AvgIpc) is 3.10. The third kappa shape index (κ3) is 2.33. The van der Waals surface area contributed by atoms with Gasteiger partial charge >= 0.3 is 0 Å². The summed E-state index contributed by atoms with van der Waals surface area (Å²) in [6.45, 7) is 8.38. The van der Waals surface area contributed by atoms with Crippen molar-refractivity contribution < 1.29 is 4.79 Å². The van der Waals surface area contributed by atoms with Crippen molar-refractivity contribution in [1.29, 1.82) is 0 Å². The maximum Gasteiger partial charge on any atom is 0.225 e. The van der Waals surface area contributed by atoms with Gasteiger partial charge in [-0.15, -0.1) is 0 Å². The molecule has 0 aromatic carbocycles. The van der Waals surface area contributed by atoms with E-state index in [1.54, 1.807) is 0 Å². The maximum absolute atomic E-state index is 12.2. The van der Waals surface area contributed by atoms with E-state index < -0.39 is 0 Å². The summed E-state index contributed by atoms with van der Waals surface area (Å²) >= 11 is 0. The molecule has 4 heteroatoms. The lowest BCUT2D eigenvalue weighted by Gasteiger charge is -2.43. The van der Waals surface area contributed by atoms with Crippen LogP contribution in [0.25, 0.3) is 0 Å². The fraction of sp³-hybridized carbons (Fsp3) is 0.923. The maximum atomic E-state index is 12.2. The standard InChI is InChI=1S/C13H23N3O/c1-10(11-2-3-11)13(17)16-6-4-15(5-7-16)12-8-14-9-12/h10-12,14H,2-9H2,1H3. The Morgan fingerprint density at radius 1 is 1.18 bits per heavy atom. The van der Waals surface area contributed by atoms with Crippen LogP contribution in [0.1, 0.15) is 19.8 Å². The zero-order valence-electron chi connectivity index (χ0n) is 10.7. The predicted molar refractivity (Wildman–Crippen MR) is 66.7 cm³/mol. The van der Waals surface area contributed by atoms with Gasteiger partial charge in [0.2, 0.25) is 5.91 Å². The van der Waals surface area contributed by atoms with Crippen molar-refractivity contribution in [3.05, 3.63) is 0 Å². The molecule has 0 bridgehead atoms. The molecule has 0 aromatic rings. The number of carbonyl (C=O) groups excluding carboxylic acids is 1. The third-order valence-electron chi connectivity index (χ3n) is 4.62. The topological polar surface area (TPSA) is 35.6 Å². The molecule has 96 valence electrons. The van der Waals surface area contributed by atoms with Gasteiger partial charge in [-0.2, -0.15) is 0 Å². The molecule has 3 aliphatic rings.